The summed E-state index contributed by atoms with van der Waals surface area (Å²) in [5.74, 6) is 0.193. The van der Waals surface area contributed by atoms with Crippen LogP contribution < -0.4 is 0 Å². The van der Waals surface area contributed by atoms with Crippen LogP contribution in [0, 0.1) is 6.92 Å². The van der Waals surface area contributed by atoms with Crippen molar-refractivity contribution in [3.63, 3.8) is 0 Å². The molecule has 3 aromatic rings. The zero-order chi connectivity index (χ0) is 17.9. The summed E-state index contributed by atoms with van der Waals surface area (Å²) in [6.45, 7) is 3.33. The van der Waals surface area contributed by atoms with Gasteiger partial charge in [0.15, 0.2) is 0 Å². The maximum absolute atomic E-state index is 12.9. The van der Waals surface area contributed by atoms with E-state index < -0.39 is 0 Å². The molecule has 1 saturated heterocycles. The standard InChI is InChI=1S/C19H20N6O/c1-13-9-21-11-18(22-13)15-5-3-7-25(12-15)19(26)17-8-16(23-24-17)14-4-2-6-20-10-14/h2,4,6,8-11,15H,3,5,7,12H2,1H3,(H,23,24). The Balaban J connectivity index is 1.50. The Morgan fingerprint density at radius 1 is 1.27 bits per heavy atom. The Labute approximate surface area is 151 Å². The van der Waals surface area contributed by atoms with Crippen LogP contribution in [0.5, 0.6) is 0 Å². The van der Waals surface area contributed by atoms with Crippen LogP contribution in [-0.2, 0) is 0 Å². The number of rotatable bonds is 3. The molecule has 0 spiro atoms. The van der Waals surface area contributed by atoms with E-state index in [-0.39, 0.29) is 11.8 Å². The SMILES string of the molecule is Cc1cncc(C2CCCN(C(=O)c3cc(-c4cccnc4)n[nH]3)C2)n1. The molecule has 1 atom stereocenters. The molecule has 0 bridgehead atoms. The first-order chi connectivity index (χ1) is 12.7. The van der Waals surface area contributed by atoms with Crippen molar-refractivity contribution >= 4 is 5.91 Å². The summed E-state index contributed by atoms with van der Waals surface area (Å²) in [6, 6.07) is 5.56. The molecule has 4 rings (SSSR count). The van der Waals surface area contributed by atoms with Gasteiger partial charge in [-0.3, -0.25) is 24.8 Å². The highest BCUT2D eigenvalue weighted by molar-refractivity contribution is 5.93. The zero-order valence-corrected chi connectivity index (χ0v) is 14.6. The zero-order valence-electron chi connectivity index (χ0n) is 14.6. The molecule has 0 aliphatic carbocycles. The van der Waals surface area contributed by atoms with Gasteiger partial charge in [-0.1, -0.05) is 0 Å². The first-order valence-electron chi connectivity index (χ1n) is 8.74. The van der Waals surface area contributed by atoms with Crippen LogP contribution >= 0.6 is 0 Å². The van der Waals surface area contributed by atoms with Crippen LogP contribution in [-0.4, -0.2) is 49.0 Å². The fourth-order valence-corrected chi connectivity index (χ4v) is 3.35. The lowest BCUT2D eigenvalue weighted by Gasteiger charge is -2.32. The number of aromatic nitrogens is 5. The molecule has 0 radical (unpaired) electrons. The maximum atomic E-state index is 12.9. The predicted octanol–water partition coefficient (Wildman–Crippen LogP) is 2.59. The van der Waals surface area contributed by atoms with Gasteiger partial charge in [0.25, 0.3) is 5.91 Å². The molecular weight excluding hydrogens is 328 g/mol. The van der Waals surface area contributed by atoms with Crippen molar-refractivity contribution in [1.82, 2.24) is 30.0 Å². The lowest BCUT2D eigenvalue weighted by molar-refractivity contribution is 0.0699. The van der Waals surface area contributed by atoms with Crippen molar-refractivity contribution in [3.8, 4) is 11.3 Å². The number of carbonyl (C=O) groups is 1. The first-order valence-corrected chi connectivity index (χ1v) is 8.74. The van der Waals surface area contributed by atoms with Gasteiger partial charge >= 0.3 is 0 Å². The maximum Gasteiger partial charge on any atom is 0.271 e. The van der Waals surface area contributed by atoms with E-state index in [1.54, 1.807) is 24.7 Å². The number of amides is 1. The minimum absolute atomic E-state index is 0.0297. The number of aromatic amines is 1. The predicted molar refractivity (Wildman–Crippen MR) is 96.5 cm³/mol. The molecule has 1 aliphatic heterocycles. The molecule has 132 valence electrons. The Kier molecular flexibility index (Phi) is 4.43. The molecule has 1 N–H and O–H groups in total. The van der Waals surface area contributed by atoms with Crippen molar-refractivity contribution in [2.45, 2.75) is 25.7 Å². The Hall–Kier alpha value is -3.09. The Morgan fingerprint density at radius 3 is 3.00 bits per heavy atom. The summed E-state index contributed by atoms with van der Waals surface area (Å²) in [6.07, 6.45) is 8.98. The van der Waals surface area contributed by atoms with E-state index in [9.17, 15) is 4.79 Å². The van der Waals surface area contributed by atoms with E-state index in [0.29, 0.717) is 12.2 Å². The molecule has 7 heteroatoms. The number of hydrogen-bond acceptors (Lipinski definition) is 5. The number of carbonyl (C=O) groups excluding carboxylic acids is 1. The molecule has 7 nitrogen and oxygen atoms in total. The number of pyridine rings is 1. The number of piperidine rings is 1. The van der Waals surface area contributed by atoms with Gasteiger partial charge in [0.2, 0.25) is 0 Å². The van der Waals surface area contributed by atoms with Gasteiger partial charge in [-0.25, -0.2) is 0 Å². The van der Waals surface area contributed by atoms with E-state index >= 15 is 0 Å². The summed E-state index contributed by atoms with van der Waals surface area (Å²) < 4.78 is 0. The largest absolute Gasteiger partial charge is 0.337 e. The number of nitrogens with zero attached hydrogens (tertiary/aromatic N) is 5. The number of aryl methyl sites for hydroxylation is 1. The second-order valence-electron chi connectivity index (χ2n) is 6.58. The second kappa shape index (κ2) is 7.03. The van der Waals surface area contributed by atoms with Crippen molar-refractivity contribution < 1.29 is 4.79 Å². The summed E-state index contributed by atoms with van der Waals surface area (Å²) in [4.78, 5) is 27.7. The first kappa shape index (κ1) is 16.4. The van der Waals surface area contributed by atoms with E-state index in [1.807, 2.05) is 30.2 Å². The summed E-state index contributed by atoms with van der Waals surface area (Å²) >= 11 is 0. The van der Waals surface area contributed by atoms with E-state index in [1.165, 1.54) is 0 Å². The highest BCUT2D eigenvalue weighted by Gasteiger charge is 2.27. The minimum atomic E-state index is -0.0297. The monoisotopic (exact) mass is 348 g/mol. The van der Waals surface area contributed by atoms with E-state index in [4.69, 9.17) is 0 Å². The lowest BCUT2D eigenvalue weighted by Crippen LogP contribution is -2.39. The molecule has 1 amide bonds. The quantitative estimate of drug-likeness (QED) is 0.786. The van der Waals surface area contributed by atoms with Gasteiger partial charge in [0.05, 0.1) is 17.1 Å². The number of H-pyrrole nitrogens is 1. The molecule has 1 unspecified atom stereocenters. The molecular formula is C19H20N6O. The van der Waals surface area contributed by atoms with Crippen molar-refractivity contribution in [1.29, 1.82) is 0 Å². The number of likely N-dealkylation sites (tertiary alicyclic amines) is 1. The van der Waals surface area contributed by atoms with Gasteiger partial charge in [-0.2, -0.15) is 5.10 Å². The normalized spacial score (nSPS) is 17.3. The second-order valence-corrected chi connectivity index (χ2v) is 6.58. The molecule has 3 aromatic heterocycles. The van der Waals surface area contributed by atoms with Crippen LogP contribution in [0.1, 0.15) is 40.6 Å². The van der Waals surface area contributed by atoms with Gasteiger partial charge in [0.1, 0.15) is 5.69 Å². The average molecular weight is 348 g/mol. The van der Waals surface area contributed by atoms with Crippen molar-refractivity contribution in [2.24, 2.45) is 0 Å². The summed E-state index contributed by atoms with van der Waals surface area (Å²) in [7, 11) is 0. The van der Waals surface area contributed by atoms with Gasteiger partial charge in [-0.15, -0.1) is 0 Å². The van der Waals surface area contributed by atoms with Gasteiger partial charge in [-0.05, 0) is 38.0 Å². The minimum Gasteiger partial charge on any atom is -0.337 e. The van der Waals surface area contributed by atoms with Crippen molar-refractivity contribution in [2.75, 3.05) is 13.1 Å². The topological polar surface area (TPSA) is 87.7 Å². The molecule has 1 aliphatic rings. The van der Waals surface area contributed by atoms with Crippen LogP contribution in [0.3, 0.4) is 0 Å². The van der Waals surface area contributed by atoms with E-state index in [2.05, 4.69) is 25.1 Å². The van der Waals surface area contributed by atoms with Crippen LogP contribution in [0.2, 0.25) is 0 Å². The van der Waals surface area contributed by atoms with Crippen LogP contribution in [0.25, 0.3) is 11.3 Å². The third-order valence-electron chi connectivity index (χ3n) is 4.67. The Bertz CT molecular complexity index is 907. The third-order valence-corrected chi connectivity index (χ3v) is 4.67. The average Bonchev–Trinajstić information content (AvgIpc) is 3.18. The van der Waals surface area contributed by atoms with E-state index in [0.717, 1.165) is 42.0 Å². The highest BCUT2D eigenvalue weighted by Crippen LogP contribution is 2.26. The highest BCUT2D eigenvalue weighted by atomic mass is 16.2. The smallest absolute Gasteiger partial charge is 0.271 e. The molecule has 26 heavy (non-hydrogen) atoms. The molecule has 0 saturated carbocycles. The summed E-state index contributed by atoms with van der Waals surface area (Å²) in [5, 5.41) is 7.12. The molecule has 1 fully saturated rings. The lowest BCUT2D eigenvalue weighted by atomic mass is 9.94. The number of hydrogen-bond donors (Lipinski definition) is 1. The van der Waals surface area contributed by atoms with Crippen LogP contribution in [0.4, 0.5) is 0 Å². The Morgan fingerprint density at radius 2 is 2.19 bits per heavy atom. The molecule has 4 heterocycles. The van der Waals surface area contributed by atoms with Gasteiger partial charge in [0, 0.05) is 49.4 Å². The molecule has 0 aromatic carbocycles. The van der Waals surface area contributed by atoms with Gasteiger partial charge < -0.3 is 4.90 Å². The third kappa shape index (κ3) is 3.33. The fourth-order valence-electron chi connectivity index (χ4n) is 3.35. The van der Waals surface area contributed by atoms with Crippen molar-refractivity contribution in [3.05, 3.63) is 60.1 Å². The van der Waals surface area contributed by atoms with Crippen LogP contribution in [0.15, 0.2) is 43.0 Å². The fraction of sp³-hybridized carbons (Fsp3) is 0.316. The summed E-state index contributed by atoms with van der Waals surface area (Å²) in [5.41, 5.74) is 3.97. The number of nitrogens with one attached hydrogen (secondary N) is 1.